The molecule has 1 N–H and O–H groups in total. The van der Waals surface area contributed by atoms with Crippen molar-refractivity contribution in [1.29, 1.82) is 0 Å². The third-order valence-corrected chi connectivity index (χ3v) is 5.98. The van der Waals surface area contributed by atoms with Crippen LogP contribution in [0.15, 0.2) is 71.6 Å². The minimum Gasteiger partial charge on any atom is -0.459 e. The van der Waals surface area contributed by atoms with E-state index in [1.807, 2.05) is 31.2 Å². The van der Waals surface area contributed by atoms with Crippen LogP contribution in [-0.2, 0) is 11.2 Å². The Balaban J connectivity index is 1.66. The molecule has 2 amide bonds. The van der Waals surface area contributed by atoms with Gasteiger partial charge in [-0.1, -0.05) is 48.7 Å². The topological polar surface area (TPSA) is 75.4 Å². The van der Waals surface area contributed by atoms with Crippen LogP contribution in [0.4, 0.5) is 0 Å². The lowest BCUT2D eigenvalue weighted by Gasteiger charge is -2.31. The number of furan rings is 1. The Morgan fingerprint density at radius 3 is 2.69 bits per heavy atom. The fourth-order valence-corrected chi connectivity index (χ4v) is 4.37. The van der Waals surface area contributed by atoms with E-state index in [1.54, 1.807) is 35.5 Å². The van der Waals surface area contributed by atoms with Crippen molar-refractivity contribution in [2.75, 3.05) is 6.54 Å². The highest BCUT2D eigenvalue weighted by molar-refractivity contribution is 5.96. The zero-order chi connectivity index (χ0) is 22.3. The second-order valence-corrected chi connectivity index (χ2v) is 8.39. The number of pyridine rings is 1. The predicted molar refractivity (Wildman–Crippen MR) is 122 cm³/mol. The number of hydrogen-bond acceptors (Lipinski definition) is 4. The molecule has 1 aliphatic carbocycles. The molecule has 1 atom stereocenters. The Kier molecular flexibility index (Phi) is 7.00. The number of benzene rings is 1. The first-order valence-electron chi connectivity index (χ1n) is 11.2. The van der Waals surface area contributed by atoms with E-state index >= 15 is 0 Å². The van der Waals surface area contributed by atoms with Gasteiger partial charge in [0.15, 0.2) is 5.76 Å². The Bertz CT molecular complexity index is 1030. The first-order valence-corrected chi connectivity index (χ1v) is 11.2. The van der Waals surface area contributed by atoms with E-state index < -0.39 is 6.04 Å². The number of nitrogens with one attached hydrogen (secondary N) is 1. The first kappa shape index (κ1) is 21.8. The summed E-state index contributed by atoms with van der Waals surface area (Å²) in [6.45, 7) is 2.42. The molecule has 4 rings (SSSR count). The minimum absolute atomic E-state index is 0.152. The fourth-order valence-electron chi connectivity index (χ4n) is 4.37. The van der Waals surface area contributed by atoms with Crippen molar-refractivity contribution in [2.24, 2.45) is 0 Å². The maximum Gasteiger partial charge on any atom is 0.290 e. The van der Waals surface area contributed by atoms with Crippen LogP contribution in [0.5, 0.6) is 0 Å². The lowest BCUT2D eigenvalue weighted by atomic mass is 10.0. The van der Waals surface area contributed by atoms with Crippen molar-refractivity contribution in [3.05, 3.63) is 89.6 Å². The Morgan fingerprint density at radius 1 is 1.16 bits per heavy atom. The third kappa shape index (κ3) is 5.25. The number of carbonyl (C=O) groups is 2. The van der Waals surface area contributed by atoms with E-state index in [9.17, 15) is 9.59 Å². The summed E-state index contributed by atoms with van der Waals surface area (Å²) in [6, 6.07) is 14.5. The van der Waals surface area contributed by atoms with Gasteiger partial charge in [0.1, 0.15) is 6.04 Å². The van der Waals surface area contributed by atoms with Gasteiger partial charge in [-0.05, 0) is 49.9 Å². The van der Waals surface area contributed by atoms with E-state index in [0.29, 0.717) is 18.5 Å². The fraction of sp³-hybridized carbons (Fsp3) is 0.346. The zero-order valence-electron chi connectivity index (χ0n) is 18.4. The average Bonchev–Trinajstić information content (AvgIpc) is 3.51. The van der Waals surface area contributed by atoms with Crippen LogP contribution < -0.4 is 5.32 Å². The first-order chi connectivity index (χ1) is 15.6. The van der Waals surface area contributed by atoms with Crippen molar-refractivity contribution >= 4 is 11.8 Å². The second kappa shape index (κ2) is 10.3. The molecule has 1 saturated carbocycles. The van der Waals surface area contributed by atoms with Crippen LogP contribution in [0.2, 0.25) is 0 Å². The van der Waals surface area contributed by atoms with Crippen LogP contribution >= 0.6 is 0 Å². The van der Waals surface area contributed by atoms with Gasteiger partial charge in [-0.3, -0.25) is 14.6 Å². The van der Waals surface area contributed by atoms with Gasteiger partial charge in [0, 0.05) is 30.5 Å². The molecule has 0 unspecified atom stereocenters. The van der Waals surface area contributed by atoms with Crippen molar-refractivity contribution in [2.45, 2.75) is 51.1 Å². The van der Waals surface area contributed by atoms with E-state index in [1.165, 1.54) is 6.26 Å². The van der Waals surface area contributed by atoms with Crippen LogP contribution in [0.3, 0.4) is 0 Å². The molecule has 0 aliphatic heterocycles. The summed E-state index contributed by atoms with van der Waals surface area (Å²) in [5, 5.41) is 3.17. The molecule has 6 heteroatoms. The van der Waals surface area contributed by atoms with Gasteiger partial charge >= 0.3 is 0 Å². The lowest BCUT2D eigenvalue weighted by Crippen LogP contribution is -2.46. The molecule has 32 heavy (non-hydrogen) atoms. The SMILES string of the molecule is Cc1cccc(CCN(C(=O)c2ccco2)[C@@H](C(=O)NC2CCCC2)c2cccnc2)c1. The Hall–Kier alpha value is -3.41. The molecule has 6 nitrogen and oxygen atoms in total. The van der Waals surface area contributed by atoms with Crippen molar-refractivity contribution < 1.29 is 14.0 Å². The molecule has 166 valence electrons. The molecule has 1 aromatic carbocycles. The maximum absolute atomic E-state index is 13.5. The normalized spacial score (nSPS) is 14.8. The standard InChI is InChI=1S/C26H29N3O3/c1-19-7-4-8-20(17-19)13-15-29(26(31)23-12-6-16-32-23)24(21-9-5-14-27-18-21)25(30)28-22-10-2-3-11-22/h4-9,12,14,16-18,22,24H,2-3,10-11,13,15H2,1H3,(H,28,30)/t24-/m1/s1. The van der Waals surface area contributed by atoms with Gasteiger partial charge in [-0.25, -0.2) is 0 Å². The summed E-state index contributed by atoms with van der Waals surface area (Å²) in [6.07, 6.45) is 9.61. The van der Waals surface area contributed by atoms with Gasteiger partial charge in [-0.15, -0.1) is 0 Å². The zero-order valence-corrected chi connectivity index (χ0v) is 18.4. The summed E-state index contributed by atoms with van der Waals surface area (Å²) in [7, 11) is 0. The summed E-state index contributed by atoms with van der Waals surface area (Å²) >= 11 is 0. The summed E-state index contributed by atoms with van der Waals surface area (Å²) < 4.78 is 5.41. The monoisotopic (exact) mass is 431 g/mol. The Morgan fingerprint density at radius 2 is 2.00 bits per heavy atom. The molecule has 0 bridgehead atoms. The molecular weight excluding hydrogens is 402 g/mol. The lowest BCUT2D eigenvalue weighted by molar-refractivity contribution is -0.126. The molecule has 1 fully saturated rings. The molecule has 2 heterocycles. The van der Waals surface area contributed by atoms with Crippen LogP contribution in [0.1, 0.15) is 59.0 Å². The summed E-state index contributed by atoms with van der Waals surface area (Å²) in [5.74, 6) is -0.260. The molecule has 1 aliphatic rings. The number of carbonyl (C=O) groups excluding carboxylic acids is 2. The number of amides is 2. The number of nitrogens with zero attached hydrogens (tertiary/aromatic N) is 2. The summed E-state index contributed by atoms with van der Waals surface area (Å²) in [4.78, 5) is 32.8. The number of hydrogen-bond donors (Lipinski definition) is 1. The van der Waals surface area contributed by atoms with Gasteiger partial charge in [-0.2, -0.15) is 0 Å². The van der Waals surface area contributed by atoms with Crippen LogP contribution in [0, 0.1) is 6.92 Å². The summed E-state index contributed by atoms with van der Waals surface area (Å²) in [5.41, 5.74) is 2.96. The van der Waals surface area contributed by atoms with Gasteiger partial charge < -0.3 is 14.6 Å². The molecule has 0 radical (unpaired) electrons. The molecule has 3 aromatic rings. The maximum atomic E-state index is 13.5. The highest BCUT2D eigenvalue weighted by Gasteiger charge is 2.34. The van der Waals surface area contributed by atoms with Gasteiger partial charge in [0.25, 0.3) is 5.91 Å². The van der Waals surface area contributed by atoms with E-state index in [2.05, 4.69) is 16.4 Å². The highest BCUT2D eigenvalue weighted by Crippen LogP contribution is 2.26. The van der Waals surface area contributed by atoms with Gasteiger partial charge in [0.2, 0.25) is 5.91 Å². The van der Waals surface area contributed by atoms with E-state index in [-0.39, 0.29) is 23.6 Å². The average molecular weight is 432 g/mol. The number of rotatable bonds is 8. The number of aromatic nitrogens is 1. The third-order valence-electron chi connectivity index (χ3n) is 5.98. The number of aryl methyl sites for hydroxylation is 1. The predicted octanol–water partition coefficient (Wildman–Crippen LogP) is 4.47. The second-order valence-electron chi connectivity index (χ2n) is 8.39. The smallest absolute Gasteiger partial charge is 0.290 e. The van der Waals surface area contributed by atoms with Crippen LogP contribution in [0.25, 0.3) is 0 Å². The largest absolute Gasteiger partial charge is 0.459 e. The molecule has 0 saturated heterocycles. The van der Waals surface area contributed by atoms with Crippen molar-refractivity contribution in [3.63, 3.8) is 0 Å². The van der Waals surface area contributed by atoms with E-state index in [0.717, 1.165) is 36.8 Å². The van der Waals surface area contributed by atoms with E-state index in [4.69, 9.17) is 4.42 Å². The minimum atomic E-state index is -0.785. The molecule has 2 aromatic heterocycles. The molecular formula is C26H29N3O3. The van der Waals surface area contributed by atoms with Gasteiger partial charge in [0.05, 0.1) is 6.26 Å². The Labute approximate surface area is 188 Å². The van der Waals surface area contributed by atoms with Crippen molar-refractivity contribution in [3.8, 4) is 0 Å². The van der Waals surface area contributed by atoms with Crippen LogP contribution in [-0.4, -0.2) is 34.3 Å². The molecule has 0 spiro atoms. The van der Waals surface area contributed by atoms with Crippen molar-refractivity contribution in [1.82, 2.24) is 15.2 Å². The highest BCUT2D eigenvalue weighted by atomic mass is 16.3. The quantitative estimate of drug-likeness (QED) is 0.571.